The molecule has 420 valence electrons. The Balaban J connectivity index is 4.32. The summed E-state index contributed by atoms with van der Waals surface area (Å²) in [7, 11) is 0. The molecule has 0 saturated heterocycles. The maximum atomic E-state index is 12.9. The molecule has 0 spiro atoms. The van der Waals surface area contributed by atoms with Gasteiger partial charge in [0, 0.05) is 19.3 Å². The number of unbranched alkanes of at least 4 members (excludes halogenated alkanes) is 39. The minimum atomic E-state index is -0.783. The summed E-state index contributed by atoms with van der Waals surface area (Å²) in [6, 6.07) is 0. The predicted octanol–water partition coefficient (Wildman–Crippen LogP) is 21.4. The predicted molar refractivity (Wildman–Crippen MR) is 312 cm³/mol. The third-order valence-electron chi connectivity index (χ3n) is 14.1. The Hall–Kier alpha value is -2.63. The van der Waals surface area contributed by atoms with E-state index in [-0.39, 0.29) is 31.1 Å². The van der Waals surface area contributed by atoms with Crippen LogP contribution in [0.1, 0.15) is 335 Å². The molecular formula is C66H120O6. The molecule has 0 fully saturated rings. The summed E-state index contributed by atoms with van der Waals surface area (Å²) in [6.07, 6.45) is 75.5. The smallest absolute Gasteiger partial charge is 0.306 e. The van der Waals surface area contributed by atoms with Gasteiger partial charge in [0.2, 0.25) is 0 Å². The van der Waals surface area contributed by atoms with Crippen LogP contribution >= 0.6 is 0 Å². The summed E-state index contributed by atoms with van der Waals surface area (Å²) < 4.78 is 16.9. The average Bonchev–Trinajstić information content (AvgIpc) is 3.38. The van der Waals surface area contributed by atoms with Gasteiger partial charge >= 0.3 is 17.9 Å². The highest BCUT2D eigenvalue weighted by Gasteiger charge is 2.19. The quantitative estimate of drug-likeness (QED) is 0.0261. The van der Waals surface area contributed by atoms with E-state index >= 15 is 0 Å². The lowest BCUT2D eigenvalue weighted by Crippen LogP contribution is -2.30. The minimum Gasteiger partial charge on any atom is -0.462 e. The van der Waals surface area contributed by atoms with Crippen molar-refractivity contribution in [2.75, 3.05) is 13.2 Å². The second-order valence-corrected chi connectivity index (χ2v) is 21.3. The van der Waals surface area contributed by atoms with E-state index < -0.39 is 6.10 Å². The van der Waals surface area contributed by atoms with Crippen molar-refractivity contribution >= 4 is 17.9 Å². The van der Waals surface area contributed by atoms with Crippen molar-refractivity contribution < 1.29 is 28.6 Å². The van der Waals surface area contributed by atoms with Crippen molar-refractivity contribution in [2.24, 2.45) is 0 Å². The van der Waals surface area contributed by atoms with Crippen molar-refractivity contribution in [3.05, 3.63) is 48.6 Å². The van der Waals surface area contributed by atoms with Gasteiger partial charge in [0.25, 0.3) is 0 Å². The van der Waals surface area contributed by atoms with Gasteiger partial charge in [0.1, 0.15) is 13.2 Å². The molecule has 0 N–H and O–H groups in total. The van der Waals surface area contributed by atoms with Gasteiger partial charge in [-0.2, -0.15) is 0 Å². The van der Waals surface area contributed by atoms with Gasteiger partial charge in [-0.3, -0.25) is 14.4 Å². The van der Waals surface area contributed by atoms with Crippen molar-refractivity contribution in [3.63, 3.8) is 0 Å². The Morgan fingerprint density at radius 3 is 0.847 bits per heavy atom. The highest BCUT2D eigenvalue weighted by Crippen LogP contribution is 2.18. The lowest BCUT2D eigenvalue weighted by molar-refractivity contribution is -0.167. The normalized spacial score (nSPS) is 12.3. The van der Waals surface area contributed by atoms with Crippen molar-refractivity contribution in [3.8, 4) is 0 Å². The summed E-state index contributed by atoms with van der Waals surface area (Å²) in [5, 5.41) is 0. The van der Waals surface area contributed by atoms with Crippen LogP contribution in [0.3, 0.4) is 0 Å². The number of allylic oxidation sites excluding steroid dienone is 8. The van der Waals surface area contributed by atoms with Crippen LogP contribution in [-0.4, -0.2) is 37.2 Å². The van der Waals surface area contributed by atoms with Gasteiger partial charge in [-0.05, 0) is 57.8 Å². The fourth-order valence-corrected chi connectivity index (χ4v) is 9.38. The zero-order chi connectivity index (χ0) is 52.2. The lowest BCUT2D eigenvalue weighted by atomic mass is 10.0. The summed E-state index contributed by atoms with van der Waals surface area (Å²) >= 11 is 0. The molecule has 0 aromatic carbocycles. The van der Waals surface area contributed by atoms with E-state index in [1.165, 1.54) is 199 Å². The van der Waals surface area contributed by atoms with E-state index in [9.17, 15) is 14.4 Å². The Labute approximate surface area is 448 Å². The van der Waals surface area contributed by atoms with Crippen LogP contribution in [0.15, 0.2) is 48.6 Å². The molecule has 0 heterocycles. The number of esters is 3. The lowest BCUT2D eigenvalue weighted by Gasteiger charge is -2.18. The number of hydrogen-bond acceptors (Lipinski definition) is 6. The van der Waals surface area contributed by atoms with Crippen molar-refractivity contribution in [1.29, 1.82) is 0 Å². The van der Waals surface area contributed by atoms with Crippen LogP contribution in [0.25, 0.3) is 0 Å². The molecule has 0 aliphatic rings. The van der Waals surface area contributed by atoms with Crippen LogP contribution in [0.4, 0.5) is 0 Å². The summed E-state index contributed by atoms with van der Waals surface area (Å²) in [6.45, 7) is 6.57. The Morgan fingerprint density at radius 2 is 0.542 bits per heavy atom. The number of carbonyl (C=O) groups excluding carboxylic acids is 3. The van der Waals surface area contributed by atoms with E-state index in [4.69, 9.17) is 14.2 Å². The monoisotopic (exact) mass is 1010 g/mol. The fourth-order valence-electron chi connectivity index (χ4n) is 9.38. The molecule has 0 rings (SSSR count). The molecule has 0 saturated carbocycles. The molecule has 72 heavy (non-hydrogen) atoms. The maximum absolute atomic E-state index is 12.9. The fraction of sp³-hybridized carbons (Fsp3) is 0.833. The molecule has 0 aliphatic carbocycles. The Morgan fingerprint density at radius 1 is 0.292 bits per heavy atom. The van der Waals surface area contributed by atoms with Gasteiger partial charge in [0.05, 0.1) is 0 Å². The van der Waals surface area contributed by atoms with Crippen LogP contribution in [0, 0.1) is 0 Å². The number of rotatable bonds is 58. The Bertz CT molecular complexity index is 1250. The van der Waals surface area contributed by atoms with E-state index in [1.807, 2.05) is 0 Å². The summed E-state index contributed by atoms with van der Waals surface area (Å²) in [5.74, 6) is -0.880. The topological polar surface area (TPSA) is 78.9 Å². The first-order chi connectivity index (χ1) is 35.5. The third-order valence-corrected chi connectivity index (χ3v) is 14.1. The van der Waals surface area contributed by atoms with Gasteiger partial charge in [0.15, 0.2) is 6.10 Å². The minimum absolute atomic E-state index is 0.0784. The van der Waals surface area contributed by atoms with Crippen LogP contribution in [0.5, 0.6) is 0 Å². The molecule has 6 heteroatoms. The van der Waals surface area contributed by atoms with Crippen molar-refractivity contribution in [2.45, 2.75) is 341 Å². The number of ether oxygens (including phenoxy) is 3. The molecule has 6 nitrogen and oxygen atoms in total. The highest BCUT2D eigenvalue weighted by atomic mass is 16.6. The molecular weight excluding hydrogens is 889 g/mol. The van der Waals surface area contributed by atoms with Gasteiger partial charge in [-0.15, -0.1) is 0 Å². The maximum Gasteiger partial charge on any atom is 0.306 e. The number of carbonyl (C=O) groups is 3. The van der Waals surface area contributed by atoms with E-state index in [0.717, 1.165) is 96.3 Å². The molecule has 0 bridgehead atoms. The SMILES string of the molecule is CC/C=C\C/C=C\C/C=C\C/C=C\CCCCCCC(=O)OC(COC(=O)CCCCCCCCCCCCCCCCC)COC(=O)CCCCCCCCCCCCCCCCCCCCCCCC. The van der Waals surface area contributed by atoms with Gasteiger partial charge in [-0.1, -0.05) is 307 Å². The molecule has 0 radical (unpaired) electrons. The van der Waals surface area contributed by atoms with Crippen LogP contribution < -0.4 is 0 Å². The van der Waals surface area contributed by atoms with E-state index in [2.05, 4.69) is 69.4 Å². The second-order valence-electron chi connectivity index (χ2n) is 21.3. The first kappa shape index (κ1) is 69.4. The first-order valence-corrected chi connectivity index (χ1v) is 31.6. The summed E-state index contributed by atoms with van der Waals surface area (Å²) in [5.41, 5.74) is 0. The molecule has 1 atom stereocenters. The first-order valence-electron chi connectivity index (χ1n) is 31.6. The molecule has 0 amide bonds. The van der Waals surface area contributed by atoms with Crippen LogP contribution in [-0.2, 0) is 28.6 Å². The van der Waals surface area contributed by atoms with Gasteiger partial charge < -0.3 is 14.2 Å². The van der Waals surface area contributed by atoms with E-state index in [0.29, 0.717) is 19.3 Å². The van der Waals surface area contributed by atoms with Crippen molar-refractivity contribution in [1.82, 2.24) is 0 Å². The third kappa shape index (κ3) is 58.3. The van der Waals surface area contributed by atoms with Crippen LogP contribution in [0.2, 0.25) is 0 Å². The molecule has 0 aromatic rings. The highest BCUT2D eigenvalue weighted by molar-refractivity contribution is 5.71. The zero-order valence-electron chi connectivity index (χ0n) is 48.2. The second kappa shape index (κ2) is 60.9. The molecule has 0 aliphatic heterocycles. The zero-order valence-corrected chi connectivity index (χ0v) is 48.2. The largest absolute Gasteiger partial charge is 0.462 e. The molecule has 1 unspecified atom stereocenters. The number of hydrogen-bond donors (Lipinski definition) is 0. The van der Waals surface area contributed by atoms with E-state index in [1.54, 1.807) is 0 Å². The average molecular weight is 1010 g/mol. The summed E-state index contributed by atoms with van der Waals surface area (Å²) in [4.78, 5) is 38.3. The Kier molecular flexibility index (Phi) is 58.7. The molecule has 0 aromatic heterocycles. The van der Waals surface area contributed by atoms with Gasteiger partial charge in [-0.25, -0.2) is 0 Å². The standard InChI is InChI=1S/C66H120O6/c1-4-7-10-13-16-19-22-25-28-30-31-32-33-34-36-38-41-44-47-50-53-56-59-65(68)71-62-63(61-70-64(67)58-55-52-49-46-43-40-37-27-24-21-18-15-12-9-6-3)72-66(69)60-57-54-51-48-45-42-39-35-29-26-23-20-17-14-11-8-5-2/h8,11,17,20,26,29,39,42,63H,4-7,9-10,12-16,18-19,21-25,27-28,30-38,40-41,43-62H2,1-3H3/b11-8-,20-17-,29-26-,42-39-.